The predicted octanol–water partition coefficient (Wildman–Crippen LogP) is 4.49. The van der Waals surface area contributed by atoms with Crippen molar-refractivity contribution in [1.82, 2.24) is 0 Å². The van der Waals surface area contributed by atoms with E-state index in [2.05, 4.69) is 13.5 Å². The van der Waals surface area contributed by atoms with Crippen LogP contribution in [0.2, 0.25) is 0 Å². The molecule has 0 fully saturated rings. The lowest BCUT2D eigenvalue weighted by Gasteiger charge is -2.19. The summed E-state index contributed by atoms with van der Waals surface area (Å²) in [6, 6.07) is 9.87. The van der Waals surface area contributed by atoms with E-state index < -0.39 is 6.10 Å². The molecule has 0 saturated heterocycles. The van der Waals surface area contributed by atoms with Crippen molar-refractivity contribution in [3.8, 4) is 0 Å². The van der Waals surface area contributed by atoms with Gasteiger partial charge in [0.1, 0.15) is 0 Å². The largest absolute Gasteiger partial charge is 0.388 e. The molecule has 17 heavy (non-hydrogen) atoms. The lowest BCUT2D eigenvalue weighted by molar-refractivity contribution is 0.125. The lowest BCUT2D eigenvalue weighted by Crippen LogP contribution is -2.10. The highest BCUT2D eigenvalue weighted by Crippen LogP contribution is 2.27. The average molecular weight is 232 g/mol. The molecule has 0 aliphatic heterocycles. The van der Waals surface area contributed by atoms with E-state index in [-0.39, 0.29) is 5.92 Å². The molecule has 1 rings (SSSR count). The molecule has 0 aliphatic rings. The molecule has 1 aromatic carbocycles. The van der Waals surface area contributed by atoms with E-state index in [1.54, 1.807) is 0 Å². The van der Waals surface area contributed by atoms with Crippen LogP contribution >= 0.6 is 0 Å². The zero-order valence-corrected chi connectivity index (χ0v) is 10.8. The number of unbranched alkanes of at least 4 members (excludes halogenated alkanes) is 3. The molecule has 0 bridgehead atoms. The first kappa shape index (κ1) is 14.0. The van der Waals surface area contributed by atoms with Crippen molar-refractivity contribution in [2.75, 3.05) is 0 Å². The summed E-state index contributed by atoms with van der Waals surface area (Å²) in [6.45, 7) is 6.06. The standard InChI is InChI=1S/C16H24O/c1-3-5-6-8-11-14(4-2)16(17)15-12-9-7-10-13-15/h4,7,9-10,12-14,16-17H,2-3,5-6,8,11H2,1H3/t14-,16-/m0/s1. The Morgan fingerprint density at radius 1 is 1.18 bits per heavy atom. The first-order chi connectivity index (χ1) is 8.29. The van der Waals surface area contributed by atoms with Gasteiger partial charge in [-0.25, -0.2) is 0 Å². The molecule has 2 atom stereocenters. The molecule has 0 heterocycles. The molecule has 1 nitrogen and oxygen atoms in total. The number of aliphatic hydroxyl groups is 1. The molecule has 0 aliphatic carbocycles. The van der Waals surface area contributed by atoms with Gasteiger partial charge in [0.15, 0.2) is 0 Å². The van der Waals surface area contributed by atoms with E-state index in [0.29, 0.717) is 0 Å². The first-order valence-electron chi connectivity index (χ1n) is 6.65. The SMILES string of the molecule is C=C[C@@H](CCCCCC)[C@H](O)c1ccccc1. The molecule has 0 aromatic heterocycles. The van der Waals surface area contributed by atoms with Crippen molar-refractivity contribution in [3.63, 3.8) is 0 Å². The van der Waals surface area contributed by atoms with Crippen LogP contribution in [0.5, 0.6) is 0 Å². The molecule has 0 unspecified atom stereocenters. The van der Waals surface area contributed by atoms with Crippen LogP contribution in [0.15, 0.2) is 43.0 Å². The molecule has 1 N–H and O–H groups in total. The summed E-state index contributed by atoms with van der Waals surface area (Å²) in [4.78, 5) is 0. The number of hydrogen-bond donors (Lipinski definition) is 1. The molecule has 0 saturated carbocycles. The second-order valence-electron chi connectivity index (χ2n) is 4.60. The van der Waals surface area contributed by atoms with Crippen LogP contribution in [0.3, 0.4) is 0 Å². The van der Waals surface area contributed by atoms with Crippen molar-refractivity contribution < 1.29 is 5.11 Å². The summed E-state index contributed by atoms with van der Waals surface area (Å²) in [5.74, 6) is 0.175. The normalized spacial score (nSPS) is 14.2. The highest BCUT2D eigenvalue weighted by molar-refractivity contribution is 5.19. The number of rotatable bonds is 8. The Bertz CT molecular complexity index is 305. The molecule has 94 valence electrons. The van der Waals surface area contributed by atoms with Gasteiger partial charge in [-0.2, -0.15) is 0 Å². The van der Waals surface area contributed by atoms with E-state index in [1.165, 1.54) is 25.7 Å². The summed E-state index contributed by atoms with van der Waals surface area (Å²) in [5, 5.41) is 10.3. The van der Waals surface area contributed by atoms with Gasteiger partial charge in [0.05, 0.1) is 6.10 Å². The van der Waals surface area contributed by atoms with Gasteiger partial charge in [-0.15, -0.1) is 6.58 Å². The fourth-order valence-electron chi connectivity index (χ4n) is 2.11. The minimum absolute atomic E-state index is 0.175. The molecule has 0 amide bonds. The van der Waals surface area contributed by atoms with E-state index in [4.69, 9.17) is 0 Å². The van der Waals surface area contributed by atoms with E-state index >= 15 is 0 Å². The molecule has 1 heteroatoms. The van der Waals surface area contributed by atoms with Gasteiger partial charge in [-0.3, -0.25) is 0 Å². The fourth-order valence-corrected chi connectivity index (χ4v) is 2.11. The van der Waals surface area contributed by atoms with Crippen LogP contribution < -0.4 is 0 Å². The van der Waals surface area contributed by atoms with Crippen molar-refractivity contribution >= 4 is 0 Å². The van der Waals surface area contributed by atoms with Gasteiger partial charge < -0.3 is 5.11 Å². The minimum Gasteiger partial charge on any atom is -0.388 e. The van der Waals surface area contributed by atoms with Gasteiger partial charge in [0.25, 0.3) is 0 Å². The lowest BCUT2D eigenvalue weighted by atomic mass is 9.91. The number of aliphatic hydroxyl groups excluding tert-OH is 1. The monoisotopic (exact) mass is 232 g/mol. The molecular formula is C16H24O. The third-order valence-electron chi connectivity index (χ3n) is 3.24. The van der Waals surface area contributed by atoms with Gasteiger partial charge in [-0.05, 0) is 12.0 Å². The van der Waals surface area contributed by atoms with Gasteiger partial charge >= 0.3 is 0 Å². The number of benzene rings is 1. The molecule has 0 spiro atoms. The minimum atomic E-state index is -0.407. The predicted molar refractivity (Wildman–Crippen MR) is 73.8 cm³/mol. The summed E-state index contributed by atoms with van der Waals surface area (Å²) < 4.78 is 0. The fraction of sp³-hybridized carbons (Fsp3) is 0.500. The Labute approximate surface area is 105 Å². The molecule has 0 radical (unpaired) electrons. The topological polar surface area (TPSA) is 20.2 Å². The van der Waals surface area contributed by atoms with Crippen LogP contribution in [0.25, 0.3) is 0 Å². The summed E-state index contributed by atoms with van der Waals surface area (Å²) in [7, 11) is 0. The maximum atomic E-state index is 10.3. The smallest absolute Gasteiger partial charge is 0.0852 e. The Kier molecular flexibility index (Phi) is 6.64. The Morgan fingerprint density at radius 2 is 1.88 bits per heavy atom. The third-order valence-corrected chi connectivity index (χ3v) is 3.24. The maximum absolute atomic E-state index is 10.3. The van der Waals surface area contributed by atoms with Gasteiger partial charge in [0.2, 0.25) is 0 Å². The Hall–Kier alpha value is -1.08. The van der Waals surface area contributed by atoms with E-state index in [1.807, 2.05) is 36.4 Å². The highest BCUT2D eigenvalue weighted by Gasteiger charge is 2.16. The van der Waals surface area contributed by atoms with Crippen molar-refractivity contribution in [3.05, 3.63) is 48.6 Å². The van der Waals surface area contributed by atoms with Crippen molar-refractivity contribution in [2.24, 2.45) is 5.92 Å². The average Bonchev–Trinajstić information content (AvgIpc) is 2.39. The van der Waals surface area contributed by atoms with Gasteiger partial charge in [0, 0.05) is 5.92 Å². The van der Waals surface area contributed by atoms with Crippen molar-refractivity contribution in [1.29, 1.82) is 0 Å². The van der Waals surface area contributed by atoms with Crippen LogP contribution in [0, 0.1) is 5.92 Å². The molecular weight excluding hydrogens is 208 g/mol. The van der Waals surface area contributed by atoms with Crippen LogP contribution in [0.1, 0.15) is 50.7 Å². The van der Waals surface area contributed by atoms with E-state index in [0.717, 1.165) is 12.0 Å². The third kappa shape index (κ3) is 4.74. The maximum Gasteiger partial charge on any atom is 0.0852 e. The number of hydrogen-bond acceptors (Lipinski definition) is 1. The van der Waals surface area contributed by atoms with Crippen LogP contribution in [-0.2, 0) is 0 Å². The highest BCUT2D eigenvalue weighted by atomic mass is 16.3. The quantitative estimate of drug-likeness (QED) is 0.517. The van der Waals surface area contributed by atoms with Gasteiger partial charge in [-0.1, -0.05) is 69.0 Å². The zero-order chi connectivity index (χ0) is 12.5. The Morgan fingerprint density at radius 3 is 2.47 bits per heavy atom. The second-order valence-corrected chi connectivity index (χ2v) is 4.60. The first-order valence-corrected chi connectivity index (χ1v) is 6.65. The van der Waals surface area contributed by atoms with E-state index in [9.17, 15) is 5.11 Å². The van der Waals surface area contributed by atoms with Crippen LogP contribution in [0.4, 0.5) is 0 Å². The summed E-state index contributed by atoms with van der Waals surface area (Å²) >= 11 is 0. The van der Waals surface area contributed by atoms with Crippen LogP contribution in [-0.4, -0.2) is 5.11 Å². The van der Waals surface area contributed by atoms with Crippen molar-refractivity contribution in [2.45, 2.75) is 45.1 Å². The molecule has 1 aromatic rings. The second kappa shape index (κ2) is 8.08. The summed E-state index contributed by atoms with van der Waals surface area (Å²) in [5.41, 5.74) is 0.993. The Balaban J connectivity index is 2.47. The zero-order valence-electron chi connectivity index (χ0n) is 10.8. The summed E-state index contributed by atoms with van der Waals surface area (Å²) in [6.07, 6.45) is 7.47.